The first kappa shape index (κ1) is 10.2. The standard InChI is InChI=1S/C13H22O/c1-9(2)14-13-7-11-4-10(3)5-12(6-11)8-13/h4,9-10,12-13H,5-8H2,1-3H3. The Morgan fingerprint density at radius 1 is 1.29 bits per heavy atom. The molecule has 0 aromatic rings. The summed E-state index contributed by atoms with van der Waals surface area (Å²) in [5, 5.41) is 0. The summed E-state index contributed by atoms with van der Waals surface area (Å²) in [4.78, 5) is 0. The fourth-order valence-corrected chi connectivity index (χ4v) is 3.09. The van der Waals surface area contributed by atoms with Crippen molar-refractivity contribution in [2.45, 2.75) is 58.7 Å². The fraction of sp³-hybridized carbons (Fsp3) is 0.846. The molecule has 1 nitrogen and oxygen atoms in total. The molecule has 0 amide bonds. The SMILES string of the molecule is CC1C=C2CC(C1)CC(OC(C)C)C2. The van der Waals surface area contributed by atoms with E-state index in [0.717, 1.165) is 11.8 Å². The van der Waals surface area contributed by atoms with Crippen LogP contribution < -0.4 is 0 Å². The van der Waals surface area contributed by atoms with E-state index in [1.54, 1.807) is 5.57 Å². The Morgan fingerprint density at radius 3 is 2.71 bits per heavy atom. The van der Waals surface area contributed by atoms with Crippen molar-refractivity contribution in [1.29, 1.82) is 0 Å². The van der Waals surface area contributed by atoms with E-state index in [1.807, 2.05) is 0 Å². The molecule has 0 aromatic carbocycles. The molecule has 0 radical (unpaired) electrons. The summed E-state index contributed by atoms with van der Waals surface area (Å²) in [6.07, 6.45) is 8.58. The average Bonchev–Trinajstić information content (AvgIpc) is 1.99. The number of allylic oxidation sites excluding steroid dienone is 1. The van der Waals surface area contributed by atoms with Gasteiger partial charge in [0.1, 0.15) is 0 Å². The van der Waals surface area contributed by atoms with E-state index in [0.29, 0.717) is 12.2 Å². The molecule has 14 heavy (non-hydrogen) atoms. The lowest BCUT2D eigenvalue weighted by atomic mass is 9.74. The zero-order chi connectivity index (χ0) is 10.1. The molecule has 1 saturated carbocycles. The molecular weight excluding hydrogens is 172 g/mol. The number of fused-ring (bicyclic) bond motifs is 2. The van der Waals surface area contributed by atoms with Crippen molar-refractivity contribution in [2.24, 2.45) is 11.8 Å². The van der Waals surface area contributed by atoms with Crippen molar-refractivity contribution >= 4 is 0 Å². The minimum absolute atomic E-state index is 0.386. The van der Waals surface area contributed by atoms with Crippen LogP contribution in [0.2, 0.25) is 0 Å². The fourth-order valence-electron chi connectivity index (χ4n) is 3.09. The van der Waals surface area contributed by atoms with E-state index in [2.05, 4.69) is 26.8 Å². The zero-order valence-corrected chi connectivity index (χ0v) is 9.62. The Hall–Kier alpha value is -0.300. The van der Waals surface area contributed by atoms with Gasteiger partial charge < -0.3 is 4.74 Å². The smallest absolute Gasteiger partial charge is 0.0618 e. The van der Waals surface area contributed by atoms with E-state index >= 15 is 0 Å². The van der Waals surface area contributed by atoms with Crippen LogP contribution in [0.15, 0.2) is 11.6 Å². The highest BCUT2D eigenvalue weighted by atomic mass is 16.5. The van der Waals surface area contributed by atoms with Gasteiger partial charge in [-0.3, -0.25) is 0 Å². The predicted molar refractivity (Wildman–Crippen MR) is 59.2 cm³/mol. The Labute approximate surface area is 87.5 Å². The molecule has 3 atom stereocenters. The summed E-state index contributed by atoms with van der Waals surface area (Å²) in [6.45, 7) is 6.62. The van der Waals surface area contributed by atoms with Gasteiger partial charge in [0.2, 0.25) is 0 Å². The van der Waals surface area contributed by atoms with Crippen molar-refractivity contribution in [2.75, 3.05) is 0 Å². The van der Waals surface area contributed by atoms with Crippen LogP contribution in [0.1, 0.15) is 46.5 Å². The Bertz CT molecular complexity index is 229. The van der Waals surface area contributed by atoms with Gasteiger partial charge in [0.05, 0.1) is 12.2 Å². The molecule has 0 aromatic heterocycles. The van der Waals surface area contributed by atoms with Crippen LogP contribution in [0, 0.1) is 11.8 Å². The van der Waals surface area contributed by atoms with Gasteiger partial charge in [0, 0.05) is 0 Å². The molecule has 2 aliphatic rings. The Balaban J connectivity index is 1.98. The minimum atomic E-state index is 0.386. The number of ether oxygens (including phenoxy) is 1. The largest absolute Gasteiger partial charge is 0.375 e. The molecule has 0 spiro atoms. The van der Waals surface area contributed by atoms with Gasteiger partial charge in [0.15, 0.2) is 0 Å². The summed E-state index contributed by atoms with van der Waals surface area (Å²) in [5.74, 6) is 1.71. The van der Waals surface area contributed by atoms with Crippen molar-refractivity contribution in [3.8, 4) is 0 Å². The number of hydrogen-bond donors (Lipinski definition) is 0. The van der Waals surface area contributed by atoms with Gasteiger partial charge in [-0.2, -0.15) is 0 Å². The second kappa shape index (κ2) is 4.06. The van der Waals surface area contributed by atoms with Crippen molar-refractivity contribution < 1.29 is 4.74 Å². The third kappa shape index (κ3) is 2.38. The molecule has 0 N–H and O–H groups in total. The first-order valence-electron chi connectivity index (χ1n) is 5.98. The monoisotopic (exact) mass is 194 g/mol. The van der Waals surface area contributed by atoms with E-state index < -0.39 is 0 Å². The Morgan fingerprint density at radius 2 is 2.07 bits per heavy atom. The van der Waals surface area contributed by atoms with E-state index in [-0.39, 0.29) is 0 Å². The first-order valence-corrected chi connectivity index (χ1v) is 5.98. The molecule has 1 fully saturated rings. The summed E-state index contributed by atoms with van der Waals surface area (Å²) in [7, 11) is 0. The van der Waals surface area contributed by atoms with Crippen LogP contribution in [0.4, 0.5) is 0 Å². The third-order valence-corrected chi connectivity index (χ3v) is 3.33. The highest BCUT2D eigenvalue weighted by Gasteiger charge is 2.30. The molecule has 2 rings (SSSR count). The normalized spacial score (nSPS) is 37.1. The number of hydrogen-bond acceptors (Lipinski definition) is 1. The van der Waals surface area contributed by atoms with Crippen molar-refractivity contribution in [3.05, 3.63) is 11.6 Å². The summed E-state index contributed by atoms with van der Waals surface area (Å²) in [5.41, 5.74) is 1.66. The van der Waals surface area contributed by atoms with E-state index in [1.165, 1.54) is 25.7 Å². The summed E-state index contributed by atoms with van der Waals surface area (Å²) in [6, 6.07) is 0. The van der Waals surface area contributed by atoms with Crippen LogP contribution in [0.25, 0.3) is 0 Å². The molecule has 1 heteroatoms. The molecule has 0 aliphatic heterocycles. The molecule has 3 unspecified atom stereocenters. The second-order valence-electron chi connectivity index (χ2n) is 5.35. The van der Waals surface area contributed by atoms with Crippen LogP contribution in [-0.2, 0) is 4.74 Å². The minimum Gasteiger partial charge on any atom is -0.375 e. The third-order valence-electron chi connectivity index (χ3n) is 3.33. The first-order chi connectivity index (χ1) is 6.63. The maximum Gasteiger partial charge on any atom is 0.0618 e. The molecule has 0 saturated heterocycles. The lowest BCUT2D eigenvalue weighted by Crippen LogP contribution is -2.30. The highest BCUT2D eigenvalue weighted by molar-refractivity contribution is 5.13. The van der Waals surface area contributed by atoms with Crippen molar-refractivity contribution in [1.82, 2.24) is 0 Å². The van der Waals surface area contributed by atoms with E-state index in [9.17, 15) is 0 Å². The molecule has 80 valence electrons. The average molecular weight is 194 g/mol. The van der Waals surface area contributed by atoms with Crippen molar-refractivity contribution in [3.63, 3.8) is 0 Å². The van der Waals surface area contributed by atoms with Gasteiger partial charge in [-0.15, -0.1) is 0 Å². The zero-order valence-electron chi connectivity index (χ0n) is 9.62. The Kier molecular flexibility index (Phi) is 2.96. The van der Waals surface area contributed by atoms with Crippen LogP contribution in [0.5, 0.6) is 0 Å². The van der Waals surface area contributed by atoms with E-state index in [4.69, 9.17) is 4.74 Å². The maximum atomic E-state index is 5.92. The topological polar surface area (TPSA) is 9.23 Å². The van der Waals surface area contributed by atoms with Crippen LogP contribution in [-0.4, -0.2) is 12.2 Å². The quantitative estimate of drug-likeness (QED) is 0.611. The van der Waals surface area contributed by atoms with Gasteiger partial charge >= 0.3 is 0 Å². The second-order valence-corrected chi connectivity index (χ2v) is 5.35. The lowest BCUT2D eigenvalue weighted by molar-refractivity contribution is -0.0168. The van der Waals surface area contributed by atoms with Crippen LogP contribution in [0.3, 0.4) is 0 Å². The molecule has 2 bridgehead atoms. The van der Waals surface area contributed by atoms with Gasteiger partial charge in [0.25, 0.3) is 0 Å². The predicted octanol–water partition coefficient (Wildman–Crippen LogP) is 3.55. The van der Waals surface area contributed by atoms with Gasteiger partial charge in [-0.1, -0.05) is 18.6 Å². The lowest BCUT2D eigenvalue weighted by Gasteiger charge is -2.36. The van der Waals surface area contributed by atoms with Crippen LogP contribution >= 0.6 is 0 Å². The summed E-state index contributed by atoms with van der Waals surface area (Å²) >= 11 is 0. The maximum absolute atomic E-state index is 5.92. The molecule has 0 heterocycles. The molecule has 2 aliphatic carbocycles. The highest BCUT2D eigenvalue weighted by Crippen LogP contribution is 2.39. The van der Waals surface area contributed by atoms with Gasteiger partial charge in [-0.05, 0) is 51.4 Å². The van der Waals surface area contributed by atoms with Gasteiger partial charge in [-0.25, -0.2) is 0 Å². The molecular formula is C13H22O. The number of rotatable bonds is 2. The summed E-state index contributed by atoms with van der Waals surface area (Å²) < 4.78 is 5.92.